The summed E-state index contributed by atoms with van der Waals surface area (Å²) in [6.45, 7) is 8.03. The van der Waals surface area contributed by atoms with Gasteiger partial charge in [0.2, 0.25) is 10.0 Å². The molecule has 8 nitrogen and oxygen atoms in total. The van der Waals surface area contributed by atoms with Crippen molar-refractivity contribution in [1.82, 2.24) is 19.7 Å². The summed E-state index contributed by atoms with van der Waals surface area (Å²) >= 11 is 0. The molecule has 0 aliphatic heterocycles. The number of nitrogens with zero attached hydrogens (tertiary/aromatic N) is 3. The van der Waals surface area contributed by atoms with Gasteiger partial charge in [0.05, 0.1) is 16.3 Å². The van der Waals surface area contributed by atoms with E-state index in [9.17, 15) is 13.2 Å². The molecule has 0 bridgehead atoms. The highest BCUT2D eigenvalue weighted by Gasteiger charge is 2.19. The predicted octanol–water partition coefficient (Wildman–Crippen LogP) is 3.52. The maximum Gasteiger partial charge on any atom is 0.278 e. The Bertz CT molecular complexity index is 1200. The first-order valence-corrected chi connectivity index (χ1v) is 11.6. The Balaban J connectivity index is 1.80. The standard InChI is InChI=1S/C22H27N5O3S/c1-5-6-12-23-31(29,30)19-9-7-8-18(14-19)24-22(28)21-17(4)25-27(26-21)20-11-10-15(2)13-16(20)3/h7-11,13-14,23H,5-6,12H2,1-4H3,(H,24,28). The van der Waals surface area contributed by atoms with Gasteiger partial charge in [-0.2, -0.15) is 9.90 Å². The first-order valence-electron chi connectivity index (χ1n) is 10.1. The van der Waals surface area contributed by atoms with Gasteiger partial charge in [-0.3, -0.25) is 4.79 Å². The number of rotatable bonds is 8. The fraction of sp³-hybridized carbons (Fsp3) is 0.318. The van der Waals surface area contributed by atoms with Crippen LogP contribution < -0.4 is 10.0 Å². The summed E-state index contributed by atoms with van der Waals surface area (Å²) in [6, 6.07) is 12.0. The third-order valence-corrected chi connectivity index (χ3v) is 6.25. The van der Waals surface area contributed by atoms with Gasteiger partial charge in [-0.1, -0.05) is 37.1 Å². The molecular weight excluding hydrogens is 414 g/mol. The number of hydrogen-bond acceptors (Lipinski definition) is 5. The van der Waals surface area contributed by atoms with Crippen LogP contribution in [0.5, 0.6) is 0 Å². The van der Waals surface area contributed by atoms with Crippen LogP contribution >= 0.6 is 0 Å². The van der Waals surface area contributed by atoms with Crippen molar-refractivity contribution >= 4 is 21.6 Å². The Labute approximate surface area is 182 Å². The quantitative estimate of drug-likeness (QED) is 0.520. The van der Waals surface area contributed by atoms with Crippen molar-refractivity contribution in [3.63, 3.8) is 0 Å². The molecule has 0 saturated carbocycles. The minimum absolute atomic E-state index is 0.0945. The van der Waals surface area contributed by atoms with Gasteiger partial charge in [0.15, 0.2) is 5.69 Å². The number of amides is 1. The lowest BCUT2D eigenvalue weighted by Gasteiger charge is -2.09. The largest absolute Gasteiger partial charge is 0.320 e. The molecule has 0 aliphatic carbocycles. The number of carbonyl (C=O) groups is 1. The molecule has 1 heterocycles. The molecule has 2 N–H and O–H groups in total. The minimum Gasteiger partial charge on any atom is -0.320 e. The molecule has 9 heteroatoms. The average molecular weight is 442 g/mol. The number of benzene rings is 2. The Morgan fingerprint density at radius 3 is 2.55 bits per heavy atom. The van der Waals surface area contributed by atoms with E-state index in [1.54, 1.807) is 19.1 Å². The number of carbonyl (C=O) groups excluding carboxylic acids is 1. The van der Waals surface area contributed by atoms with Crippen LogP contribution in [0.3, 0.4) is 0 Å². The van der Waals surface area contributed by atoms with Crippen molar-refractivity contribution in [2.75, 3.05) is 11.9 Å². The second kappa shape index (κ2) is 9.40. The number of unbranched alkanes of at least 4 members (excludes halogenated alkanes) is 1. The lowest BCUT2D eigenvalue weighted by Crippen LogP contribution is -2.25. The number of sulfonamides is 1. The Kier molecular flexibility index (Phi) is 6.87. The molecule has 1 amide bonds. The Hall–Kier alpha value is -3.04. The van der Waals surface area contributed by atoms with Gasteiger partial charge in [-0.15, -0.1) is 5.10 Å². The summed E-state index contributed by atoms with van der Waals surface area (Å²) in [5, 5.41) is 11.4. The van der Waals surface area contributed by atoms with Gasteiger partial charge in [0.25, 0.3) is 5.91 Å². The van der Waals surface area contributed by atoms with Crippen LogP contribution in [-0.4, -0.2) is 35.9 Å². The van der Waals surface area contributed by atoms with Gasteiger partial charge in [-0.05, 0) is 57.0 Å². The molecule has 0 unspecified atom stereocenters. The normalized spacial score (nSPS) is 11.5. The topological polar surface area (TPSA) is 106 Å². The van der Waals surface area contributed by atoms with Gasteiger partial charge in [-0.25, -0.2) is 13.1 Å². The highest BCUT2D eigenvalue weighted by molar-refractivity contribution is 7.89. The number of nitrogens with one attached hydrogen (secondary N) is 2. The van der Waals surface area contributed by atoms with Crippen molar-refractivity contribution in [3.8, 4) is 5.69 Å². The number of aryl methyl sites for hydroxylation is 3. The molecule has 3 rings (SSSR count). The number of anilines is 1. The number of hydrogen-bond donors (Lipinski definition) is 2. The van der Waals surface area contributed by atoms with E-state index in [1.807, 2.05) is 39.0 Å². The zero-order valence-electron chi connectivity index (χ0n) is 18.1. The van der Waals surface area contributed by atoms with Crippen LogP contribution in [0.4, 0.5) is 5.69 Å². The predicted molar refractivity (Wildman–Crippen MR) is 120 cm³/mol. The van der Waals surface area contributed by atoms with Crippen LogP contribution in [0, 0.1) is 20.8 Å². The molecule has 31 heavy (non-hydrogen) atoms. The van der Waals surface area contributed by atoms with E-state index in [4.69, 9.17) is 0 Å². The smallest absolute Gasteiger partial charge is 0.278 e. The lowest BCUT2D eigenvalue weighted by atomic mass is 10.1. The second-order valence-electron chi connectivity index (χ2n) is 7.45. The van der Waals surface area contributed by atoms with E-state index in [0.29, 0.717) is 17.9 Å². The summed E-state index contributed by atoms with van der Waals surface area (Å²) in [5.41, 5.74) is 3.93. The summed E-state index contributed by atoms with van der Waals surface area (Å²) in [7, 11) is -3.64. The molecule has 0 aliphatic rings. The van der Waals surface area contributed by atoms with Gasteiger partial charge < -0.3 is 5.32 Å². The Morgan fingerprint density at radius 2 is 1.84 bits per heavy atom. The van der Waals surface area contributed by atoms with Crippen molar-refractivity contribution in [3.05, 3.63) is 65.0 Å². The van der Waals surface area contributed by atoms with Crippen molar-refractivity contribution in [1.29, 1.82) is 0 Å². The maximum absolute atomic E-state index is 12.8. The first kappa shape index (κ1) is 22.6. The van der Waals surface area contributed by atoms with Crippen LogP contribution in [0.2, 0.25) is 0 Å². The molecule has 0 saturated heterocycles. The first-order chi connectivity index (χ1) is 14.7. The van der Waals surface area contributed by atoms with Crippen molar-refractivity contribution in [2.24, 2.45) is 0 Å². The van der Waals surface area contributed by atoms with Crippen LogP contribution in [0.25, 0.3) is 5.69 Å². The monoisotopic (exact) mass is 441 g/mol. The molecule has 164 valence electrons. The van der Waals surface area contributed by atoms with Crippen LogP contribution in [0.1, 0.15) is 47.1 Å². The molecule has 0 fully saturated rings. The summed E-state index contributed by atoms with van der Waals surface area (Å²) in [4.78, 5) is 14.3. The summed E-state index contributed by atoms with van der Waals surface area (Å²) in [5.74, 6) is -0.456. The average Bonchev–Trinajstić information content (AvgIpc) is 3.10. The molecule has 0 radical (unpaired) electrons. The fourth-order valence-electron chi connectivity index (χ4n) is 3.12. The summed E-state index contributed by atoms with van der Waals surface area (Å²) in [6.07, 6.45) is 1.64. The minimum atomic E-state index is -3.64. The zero-order chi connectivity index (χ0) is 22.6. The van der Waals surface area contributed by atoms with Gasteiger partial charge in [0.1, 0.15) is 0 Å². The molecule has 1 aromatic heterocycles. The lowest BCUT2D eigenvalue weighted by molar-refractivity contribution is 0.102. The molecule has 2 aromatic carbocycles. The third kappa shape index (κ3) is 5.36. The van der Waals surface area contributed by atoms with Crippen LogP contribution in [0.15, 0.2) is 47.4 Å². The van der Waals surface area contributed by atoms with E-state index in [2.05, 4.69) is 20.2 Å². The Morgan fingerprint density at radius 1 is 1.06 bits per heavy atom. The van der Waals surface area contributed by atoms with E-state index in [0.717, 1.165) is 29.7 Å². The highest BCUT2D eigenvalue weighted by Crippen LogP contribution is 2.18. The van der Waals surface area contributed by atoms with Crippen molar-refractivity contribution in [2.45, 2.75) is 45.4 Å². The van der Waals surface area contributed by atoms with Crippen molar-refractivity contribution < 1.29 is 13.2 Å². The van der Waals surface area contributed by atoms with E-state index < -0.39 is 15.9 Å². The van der Waals surface area contributed by atoms with E-state index in [-0.39, 0.29) is 10.6 Å². The zero-order valence-corrected chi connectivity index (χ0v) is 19.0. The fourth-order valence-corrected chi connectivity index (χ4v) is 4.24. The molecule has 0 atom stereocenters. The SMILES string of the molecule is CCCCNS(=O)(=O)c1cccc(NC(=O)c2nn(-c3ccc(C)cc3C)nc2C)c1. The molecule has 3 aromatic rings. The van der Waals surface area contributed by atoms with E-state index in [1.165, 1.54) is 16.9 Å². The number of aromatic nitrogens is 3. The molecular formula is C22H27N5O3S. The summed E-state index contributed by atoms with van der Waals surface area (Å²) < 4.78 is 27.4. The van der Waals surface area contributed by atoms with E-state index >= 15 is 0 Å². The second-order valence-corrected chi connectivity index (χ2v) is 9.21. The maximum atomic E-state index is 12.8. The molecule has 0 spiro atoms. The van der Waals surface area contributed by atoms with Gasteiger partial charge in [0, 0.05) is 12.2 Å². The van der Waals surface area contributed by atoms with Gasteiger partial charge >= 0.3 is 0 Å². The highest BCUT2D eigenvalue weighted by atomic mass is 32.2. The van der Waals surface area contributed by atoms with Crippen LogP contribution in [-0.2, 0) is 10.0 Å². The third-order valence-electron chi connectivity index (χ3n) is 4.79.